The number of halogens is 2. The molecule has 0 bridgehead atoms. The number of nitrogens with zero attached hydrogens (tertiary/aromatic N) is 1. The van der Waals surface area contributed by atoms with Crippen LogP contribution in [0.4, 0.5) is 8.78 Å². The zero-order chi connectivity index (χ0) is 13.5. The zero-order valence-electron chi connectivity index (χ0n) is 11.3. The topological polar surface area (TPSA) is 15.3 Å². The molecule has 0 fully saturated rings. The second-order valence-electron chi connectivity index (χ2n) is 4.79. The number of rotatable bonds is 7. The van der Waals surface area contributed by atoms with E-state index in [1.165, 1.54) is 5.56 Å². The summed E-state index contributed by atoms with van der Waals surface area (Å²) in [7, 11) is 3.65. The molecule has 0 amide bonds. The van der Waals surface area contributed by atoms with E-state index < -0.39 is 6.43 Å². The Kier molecular flexibility index (Phi) is 6.22. The van der Waals surface area contributed by atoms with Crippen molar-refractivity contribution in [1.29, 1.82) is 0 Å². The second-order valence-corrected chi connectivity index (χ2v) is 4.79. The number of hydrogen-bond acceptors (Lipinski definition) is 2. The zero-order valence-corrected chi connectivity index (χ0v) is 11.3. The molecule has 0 spiro atoms. The van der Waals surface area contributed by atoms with Gasteiger partial charge in [0.25, 0.3) is 6.43 Å². The molecular weight excluding hydrogens is 234 g/mol. The Bertz CT molecular complexity index is 338. The highest BCUT2D eigenvalue weighted by Crippen LogP contribution is 2.15. The highest BCUT2D eigenvalue weighted by atomic mass is 19.3. The highest BCUT2D eigenvalue weighted by Gasteiger charge is 2.09. The van der Waals surface area contributed by atoms with Crippen LogP contribution < -0.4 is 5.32 Å². The first-order valence-corrected chi connectivity index (χ1v) is 6.23. The van der Waals surface area contributed by atoms with E-state index in [0.29, 0.717) is 12.5 Å². The average molecular weight is 256 g/mol. The molecule has 1 aromatic carbocycles. The highest BCUT2D eigenvalue weighted by molar-refractivity contribution is 5.25. The first-order chi connectivity index (χ1) is 8.52. The number of hydrogen-bond donors (Lipinski definition) is 1. The molecule has 1 rings (SSSR count). The minimum absolute atomic E-state index is 0.183. The molecule has 0 radical (unpaired) electrons. The van der Waals surface area contributed by atoms with Gasteiger partial charge in [-0.2, -0.15) is 0 Å². The van der Waals surface area contributed by atoms with Crippen LogP contribution >= 0.6 is 0 Å². The summed E-state index contributed by atoms with van der Waals surface area (Å²) in [6.07, 6.45) is -2.27. The van der Waals surface area contributed by atoms with Gasteiger partial charge in [-0.3, -0.25) is 4.90 Å². The number of alkyl halides is 2. The van der Waals surface area contributed by atoms with Gasteiger partial charge in [0.15, 0.2) is 0 Å². The molecule has 1 unspecified atom stereocenters. The van der Waals surface area contributed by atoms with Crippen molar-refractivity contribution in [2.45, 2.75) is 25.8 Å². The molecule has 0 aliphatic rings. The SMILES string of the molecule is CNCC(C)c1ccc(CN(C)CC(F)F)cc1. The Morgan fingerprint density at radius 3 is 2.33 bits per heavy atom. The number of likely N-dealkylation sites (N-methyl/N-ethyl adjacent to an activating group) is 1. The standard InChI is InChI=1S/C14H22F2N2/c1-11(8-17-2)13-6-4-12(5-7-13)9-18(3)10-14(15)16/h4-7,11,14,17H,8-10H2,1-3H3. The van der Waals surface area contributed by atoms with Crippen LogP contribution in [0.15, 0.2) is 24.3 Å². The van der Waals surface area contributed by atoms with Gasteiger partial charge in [-0.1, -0.05) is 31.2 Å². The minimum atomic E-state index is -2.27. The van der Waals surface area contributed by atoms with Crippen molar-refractivity contribution < 1.29 is 8.78 Å². The lowest BCUT2D eigenvalue weighted by molar-refractivity contribution is 0.0975. The quantitative estimate of drug-likeness (QED) is 0.807. The lowest BCUT2D eigenvalue weighted by atomic mass is 10.00. The second kappa shape index (κ2) is 7.44. The van der Waals surface area contributed by atoms with E-state index >= 15 is 0 Å². The van der Waals surface area contributed by atoms with Gasteiger partial charge in [0.1, 0.15) is 0 Å². The molecule has 18 heavy (non-hydrogen) atoms. The van der Waals surface area contributed by atoms with Gasteiger partial charge in [0, 0.05) is 13.1 Å². The molecule has 0 saturated carbocycles. The van der Waals surface area contributed by atoms with Gasteiger partial charge >= 0.3 is 0 Å². The molecule has 102 valence electrons. The molecule has 0 saturated heterocycles. The normalized spacial score (nSPS) is 13.3. The van der Waals surface area contributed by atoms with Crippen molar-refractivity contribution in [1.82, 2.24) is 10.2 Å². The van der Waals surface area contributed by atoms with Crippen LogP contribution in [0.5, 0.6) is 0 Å². The van der Waals surface area contributed by atoms with E-state index in [0.717, 1.165) is 12.1 Å². The Morgan fingerprint density at radius 2 is 1.83 bits per heavy atom. The molecule has 0 aliphatic heterocycles. The summed E-state index contributed by atoms with van der Waals surface area (Å²) in [4.78, 5) is 1.64. The van der Waals surface area contributed by atoms with Gasteiger partial charge in [-0.05, 0) is 31.1 Å². The van der Waals surface area contributed by atoms with E-state index in [2.05, 4.69) is 24.4 Å². The van der Waals surface area contributed by atoms with Crippen LogP contribution in [-0.4, -0.2) is 38.5 Å². The van der Waals surface area contributed by atoms with Crippen LogP contribution in [0.1, 0.15) is 24.0 Å². The van der Waals surface area contributed by atoms with Gasteiger partial charge < -0.3 is 5.32 Å². The van der Waals surface area contributed by atoms with Crippen LogP contribution in [0, 0.1) is 0 Å². The fourth-order valence-corrected chi connectivity index (χ4v) is 1.99. The van der Waals surface area contributed by atoms with Crippen LogP contribution in [0.3, 0.4) is 0 Å². The van der Waals surface area contributed by atoms with Gasteiger partial charge in [-0.25, -0.2) is 8.78 Å². The van der Waals surface area contributed by atoms with Gasteiger partial charge in [-0.15, -0.1) is 0 Å². The Hall–Kier alpha value is -1.00. The summed E-state index contributed by atoms with van der Waals surface area (Å²) < 4.78 is 24.4. The molecule has 1 N–H and O–H groups in total. The van der Waals surface area contributed by atoms with Crippen molar-refractivity contribution in [3.63, 3.8) is 0 Å². The van der Waals surface area contributed by atoms with Crippen molar-refractivity contribution in [2.24, 2.45) is 0 Å². The maximum atomic E-state index is 12.2. The molecule has 0 aromatic heterocycles. The molecular formula is C14H22F2N2. The molecule has 0 heterocycles. The molecule has 1 atom stereocenters. The van der Waals surface area contributed by atoms with Crippen LogP contribution in [0.2, 0.25) is 0 Å². The number of nitrogens with one attached hydrogen (secondary N) is 1. The third kappa shape index (κ3) is 5.10. The summed E-state index contributed by atoms with van der Waals surface area (Å²) in [5.74, 6) is 0.461. The smallest absolute Gasteiger partial charge is 0.251 e. The lowest BCUT2D eigenvalue weighted by Crippen LogP contribution is -2.24. The average Bonchev–Trinajstić information content (AvgIpc) is 2.29. The summed E-state index contributed by atoms with van der Waals surface area (Å²) in [6.45, 7) is 3.47. The van der Waals surface area contributed by atoms with Gasteiger partial charge in [0.05, 0.1) is 6.54 Å². The van der Waals surface area contributed by atoms with Crippen molar-refractivity contribution in [3.05, 3.63) is 35.4 Å². The summed E-state index contributed by atoms with van der Waals surface area (Å²) in [5, 5.41) is 3.14. The van der Waals surface area contributed by atoms with Crippen molar-refractivity contribution >= 4 is 0 Å². The fraction of sp³-hybridized carbons (Fsp3) is 0.571. The van der Waals surface area contributed by atoms with Crippen LogP contribution in [0.25, 0.3) is 0 Å². The van der Waals surface area contributed by atoms with Crippen molar-refractivity contribution in [2.75, 3.05) is 27.2 Å². The third-order valence-corrected chi connectivity index (χ3v) is 2.96. The fourth-order valence-electron chi connectivity index (χ4n) is 1.99. The van der Waals surface area contributed by atoms with E-state index in [1.54, 1.807) is 11.9 Å². The molecule has 4 heteroatoms. The van der Waals surface area contributed by atoms with Crippen molar-refractivity contribution in [3.8, 4) is 0 Å². The molecule has 0 aliphatic carbocycles. The largest absolute Gasteiger partial charge is 0.319 e. The Morgan fingerprint density at radius 1 is 1.22 bits per heavy atom. The van der Waals surface area contributed by atoms with E-state index in [4.69, 9.17) is 0 Å². The Labute approximate surface area is 108 Å². The lowest BCUT2D eigenvalue weighted by Gasteiger charge is -2.17. The van der Waals surface area contributed by atoms with E-state index in [-0.39, 0.29) is 6.54 Å². The predicted octanol–water partition coefficient (Wildman–Crippen LogP) is 2.71. The summed E-state index contributed by atoms with van der Waals surface area (Å²) in [5.41, 5.74) is 2.34. The Balaban J connectivity index is 2.54. The summed E-state index contributed by atoms with van der Waals surface area (Å²) in [6, 6.07) is 8.19. The predicted molar refractivity (Wildman–Crippen MR) is 71.1 cm³/mol. The van der Waals surface area contributed by atoms with E-state index in [9.17, 15) is 8.78 Å². The molecule has 1 aromatic rings. The maximum Gasteiger partial charge on any atom is 0.251 e. The van der Waals surface area contributed by atoms with Crippen LogP contribution in [-0.2, 0) is 6.54 Å². The monoisotopic (exact) mass is 256 g/mol. The number of benzene rings is 1. The molecule has 2 nitrogen and oxygen atoms in total. The minimum Gasteiger partial charge on any atom is -0.319 e. The maximum absolute atomic E-state index is 12.2. The third-order valence-electron chi connectivity index (χ3n) is 2.96. The first kappa shape index (κ1) is 15.1. The van der Waals surface area contributed by atoms with Gasteiger partial charge in [0.2, 0.25) is 0 Å². The summed E-state index contributed by atoms with van der Waals surface area (Å²) >= 11 is 0. The van der Waals surface area contributed by atoms with E-state index in [1.807, 2.05) is 19.2 Å². The first-order valence-electron chi connectivity index (χ1n) is 6.23.